The Morgan fingerprint density at radius 2 is 1.63 bits per heavy atom. The summed E-state index contributed by atoms with van der Waals surface area (Å²) in [6, 6.07) is 3.00. The Bertz CT molecular complexity index is 750. The Morgan fingerprint density at radius 3 is 2.13 bits per heavy atom. The molecule has 0 aromatic heterocycles. The number of benzene rings is 1. The van der Waals surface area contributed by atoms with E-state index in [1.807, 2.05) is 6.92 Å². The van der Waals surface area contributed by atoms with E-state index in [-0.39, 0.29) is 24.6 Å². The maximum atomic E-state index is 12.7. The van der Waals surface area contributed by atoms with Crippen LogP contribution in [-0.2, 0) is 25.6 Å². The molecular weight excluding hydrogens is 392 g/mol. The predicted molar refractivity (Wildman–Crippen MR) is 109 cm³/mol. The molecule has 0 aliphatic rings. The summed E-state index contributed by atoms with van der Waals surface area (Å²) >= 11 is 0. The van der Waals surface area contributed by atoms with E-state index < -0.39 is 41.8 Å². The second kappa shape index (κ2) is 11.8. The largest absolute Gasteiger partial charge is 0.508 e. The summed E-state index contributed by atoms with van der Waals surface area (Å²) in [6.45, 7) is 4.71. The lowest BCUT2D eigenvalue weighted by Gasteiger charge is -2.25. The van der Waals surface area contributed by atoms with Crippen LogP contribution in [0.5, 0.6) is 5.75 Å². The first kappa shape index (κ1) is 24.9. The highest BCUT2D eigenvalue weighted by atomic mass is 16.4. The minimum absolute atomic E-state index is 0.00692. The molecule has 0 saturated heterocycles. The zero-order chi connectivity index (χ0) is 22.8. The van der Waals surface area contributed by atoms with Gasteiger partial charge in [0, 0.05) is 6.42 Å². The fourth-order valence-corrected chi connectivity index (χ4v) is 2.58. The van der Waals surface area contributed by atoms with E-state index in [1.165, 1.54) is 19.1 Å². The maximum Gasteiger partial charge on any atom is 0.326 e. The number of hydrogen-bond donors (Lipinski definition) is 6. The number of carbonyl (C=O) groups is 4. The van der Waals surface area contributed by atoms with Gasteiger partial charge in [-0.2, -0.15) is 0 Å². The number of carbonyl (C=O) groups excluding carboxylic acids is 3. The molecule has 1 aromatic rings. The fraction of sp³-hybridized carbons (Fsp3) is 0.500. The van der Waals surface area contributed by atoms with Crippen LogP contribution in [0.4, 0.5) is 0 Å². The van der Waals surface area contributed by atoms with Crippen molar-refractivity contribution < 1.29 is 29.4 Å². The number of carboxylic acids is 1. The summed E-state index contributed by atoms with van der Waals surface area (Å²) in [7, 11) is 0. The maximum absolute atomic E-state index is 12.7. The molecule has 0 fully saturated rings. The van der Waals surface area contributed by atoms with E-state index in [0.29, 0.717) is 12.0 Å². The van der Waals surface area contributed by atoms with Gasteiger partial charge in [0.2, 0.25) is 17.7 Å². The molecule has 0 aliphatic heterocycles. The Balaban J connectivity index is 2.82. The number of phenols is 1. The summed E-state index contributed by atoms with van der Waals surface area (Å²) in [4.78, 5) is 48.0. The van der Waals surface area contributed by atoms with Crippen LogP contribution < -0.4 is 21.7 Å². The highest BCUT2D eigenvalue weighted by Gasteiger charge is 2.30. The predicted octanol–water partition coefficient (Wildman–Crippen LogP) is -0.502. The van der Waals surface area contributed by atoms with E-state index in [9.17, 15) is 29.4 Å². The van der Waals surface area contributed by atoms with E-state index >= 15 is 0 Å². The first-order chi connectivity index (χ1) is 14.0. The Morgan fingerprint density at radius 1 is 1.03 bits per heavy atom. The summed E-state index contributed by atoms with van der Waals surface area (Å²) in [5.41, 5.74) is 6.03. The number of aromatic hydroxyl groups is 1. The molecular formula is C20H30N4O6. The molecule has 0 radical (unpaired) electrons. The Labute approximate surface area is 175 Å². The van der Waals surface area contributed by atoms with Crippen LogP contribution in [0.1, 0.15) is 32.8 Å². The summed E-state index contributed by atoms with van der Waals surface area (Å²) in [5, 5.41) is 26.2. The van der Waals surface area contributed by atoms with Gasteiger partial charge in [-0.3, -0.25) is 14.4 Å². The molecule has 1 aromatic carbocycles. The molecule has 7 N–H and O–H groups in total. The van der Waals surface area contributed by atoms with Crippen LogP contribution in [-0.4, -0.2) is 58.6 Å². The number of nitrogens with two attached hydrogens (primary N) is 1. The Kier molecular flexibility index (Phi) is 9.76. The number of nitrogens with one attached hydrogen (secondary N) is 3. The van der Waals surface area contributed by atoms with E-state index in [0.717, 1.165) is 0 Å². The highest BCUT2D eigenvalue weighted by Crippen LogP contribution is 2.13. The molecule has 4 atom stereocenters. The van der Waals surface area contributed by atoms with Crippen LogP contribution in [0, 0.1) is 5.92 Å². The van der Waals surface area contributed by atoms with Gasteiger partial charge in [-0.05, 0) is 30.5 Å². The average Bonchev–Trinajstić information content (AvgIpc) is 2.70. The molecule has 10 nitrogen and oxygen atoms in total. The number of carboxylic acid groups (broad SMARTS) is 1. The van der Waals surface area contributed by atoms with Crippen molar-refractivity contribution in [3.8, 4) is 5.75 Å². The van der Waals surface area contributed by atoms with Crippen molar-refractivity contribution in [1.82, 2.24) is 16.0 Å². The quantitative estimate of drug-likeness (QED) is 0.279. The third-order valence-corrected chi connectivity index (χ3v) is 4.64. The summed E-state index contributed by atoms with van der Waals surface area (Å²) in [6.07, 6.45) is 0.563. The SMILES string of the molecule is CCC(C)C(NC(=O)CNC(=O)C(C)N)C(=O)NC(Cc1ccc(O)cc1)C(=O)O. The lowest BCUT2D eigenvalue weighted by Crippen LogP contribution is -2.56. The first-order valence-corrected chi connectivity index (χ1v) is 9.68. The lowest BCUT2D eigenvalue weighted by atomic mass is 9.97. The van der Waals surface area contributed by atoms with Gasteiger partial charge >= 0.3 is 5.97 Å². The standard InChI is InChI=1S/C20H30N4O6/c1-4-11(2)17(24-16(26)10-22-18(27)12(3)21)19(28)23-15(20(29)30)9-13-5-7-14(25)8-6-13/h5-8,11-12,15,17,25H,4,9-10,21H2,1-3H3,(H,22,27)(H,23,28)(H,24,26)(H,29,30). The van der Waals surface area contributed by atoms with Crippen molar-refractivity contribution in [3.05, 3.63) is 29.8 Å². The molecule has 4 unspecified atom stereocenters. The molecule has 0 saturated carbocycles. The highest BCUT2D eigenvalue weighted by molar-refractivity contribution is 5.92. The van der Waals surface area contributed by atoms with Gasteiger partial charge in [-0.1, -0.05) is 32.4 Å². The van der Waals surface area contributed by atoms with Crippen LogP contribution in [0.2, 0.25) is 0 Å². The Hall–Kier alpha value is -3.14. The number of amides is 3. The van der Waals surface area contributed by atoms with Gasteiger partial charge in [0.1, 0.15) is 17.8 Å². The fourth-order valence-electron chi connectivity index (χ4n) is 2.58. The third-order valence-electron chi connectivity index (χ3n) is 4.64. The van der Waals surface area contributed by atoms with Crippen molar-refractivity contribution in [2.45, 2.75) is 51.7 Å². The zero-order valence-electron chi connectivity index (χ0n) is 17.3. The van der Waals surface area contributed by atoms with Gasteiger partial charge in [-0.25, -0.2) is 4.79 Å². The van der Waals surface area contributed by atoms with Crippen LogP contribution >= 0.6 is 0 Å². The first-order valence-electron chi connectivity index (χ1n) is 9.68. The summed E-state index contributed by atoms with van der Waals surface area (Å²) < 4.78 is 0. The van der Waals surface area contributed by atoms with Crippen molar-refractivity contribution in [3.63, 3.8) is 0 Å². The van der Waals surface area contributed by atoms with Gasteiger partial charge in [0.25, 0.3) is 0 Å². The van der Waals surface area contributed by atoms with E-state index in [2.05, 4.69) is 16.0 Å². The van der Waals surface area contributed by atoms with Gasteiger partial charge < -0.3 is 31.9 Å². The van der Waals surface area contributed by atoms with Gasteiger partial charge in [-0.15, -0.1) is 0 Å². The van der Waals surface area contributed by atoms with Crippen LogP contribution in [0.3, 0.4) is 0 Å². The number of rotatable bonds is 11. The average molecular weight is 422 g/mol. The lowest BCUT2D eigenvalue weighted by molar-refractivity contribution is -0.142. The molecule has 166 valence electrons. The number of aliphatic carboxylic acids is 1. The zero-order valence-corrected chi connectivity index (χ0v) is 17.3. The molecule has 0 aliphatic carbocycles. The topological polar surface area (TPSA) is 171 Å². The molecule has 10 heteroatoms. The van der Waals surface area contributed by atoms with Crippen molar-refractivity contribution in [2.24, 2.45) is 11.7 Å². The van der Waals surface area contributed by atoms with Crippen LogP contribution in [0.15, 0.2) is 24.3 Å². The molecule has 0 spiro atoms. The summed E-state index contributed by atoms with van der Waals surface area (Å²) in [5.74, 6) is -3.19. The minimum atomic E-state index is -1.23. The normalized spacial score (nSPS) is 14.7. The second-order valence-electron chi connectivity index (χ2n) is 7.21. The molecule has 3 amide bonds. The second-order valence-corrected chi connectivity index (χ2v) is 7.21. The minimum Gasteiger partial charge on any atom is -0.508 e. The molecule has 0 heterocycles. The van der Waals surface area contributed by atoms with Crippen molar-refractivity contribution in [1.29, 1.82) is 0 Å². The molecule has 0 bridgehead atoms. The van der Waals surface area contributed by atoms with E-state index in [4.69, 9.17) is 5.73 Å². The third kappa shape index (κ3) is 8.08. The van der Waals surface area contributed by atoms with Gasteiger partial charge in [0.05, 0.1) is 12.6 Å². The number of hydrogen-bond acceptors (Lipinski definition) is 6. The van der Waals surface area contributed by atoms with Crippen molar-refractivity contribution in [2.75, 3.05) is 6.54 Å². The monoisotopic (exact) mass is 422 g/mol. The number of phenolic OH excluding ortho intramolecular Hbond substituents is 1. The van der Waals surface area contributed by atoms with Gasteiger partial charge in [0.15, 0.2) is 0 Å². The smallest absolute Gasteiger partial charge is 0.326 e. The van der Waals surface area contributed by atoms with Crippen LogP contribution in [0.25, 0.3) is 0 Å². The van der Waals surface area contributed by atoms with Crippen molar-refractivity contribution >= 4 is 23.7 Å². The molecule has 1 rings (SSSR count). The van der Waals surface area contributed by atoms with E-state index in [1.54, 1.807) is 19.1 Å². The molecule has 30 heavy (non-hydrogen) atoms.